The number of hydrogen-bond acceptors (Lipinski definition) is 4. The maximum atomic E-state index is 5.25. The van der Waals surface area contributed by atoms with Crippen molar-refractivity contribution in [2.75, 3.05) is 7.11 Å². The fourth-order valence-corrected chi connectivity index (χ4v) is 3.67. The SMILES string of the molecule is COc1ccc(-c2[nH]ncc2-c2nc3c([nH]2)c(C)nn3[C@H](C)C2CC2)cc1. The van der Waals surface area contributed by atoms with Crippen LogP contribution in [0.25, 0.3) is 33.8 Å². The fraction of sp³-hybridized carbons (Fsp3) is 0.350. The van der Waals surface area contributed by atoms with Gasteiger partial charge in [-0.3, -0.25) is 5.10 Å². The van der Waals surface area contributed by atoms with E-state index in [0.717, 1.165) is 51.2 Å². The van der Waals surface area contributed by atoms with Crippen LogP contribution in [0.3, 0.4) is 0 Å². The van der Waals surface area contributed by atoms with Gasteiger partial charge < -0.3 is 9.72 Å². The third-order valence-corrected chi connectivity index (χ3v) is 5.48. The van der Waals surface area contributed by atoms with Crippen molar-refractivity contribution in [2.45, 2.75) is 32.7 Å². The van der Waals surface area contributed by atoms with E-state index < -0.39 is 0 Å². The summed E-state index contributed by atoms with van der Waals surface area (Å²) < 4.78 is 7.33. The van der Waals surface area contributed by atoms with Crippen molar-refractivity contribution in [1.82, 2.24) is 29.9 Å². The minimum atomic E-state index is 0.378. The Balaban J connectivity index is 1.58. The van der Waals surface area contributed by atoms with Gasteiger partial charge in [-0.1, -0.05) is 0 Å². The molecule has 1 aliphatic carbocycles. The van der Waals surface area contributed by atoms with Crippen molar-refractivity contribution in [2.24, 2.45) is 5.92 Å². The Hall–Kier alpha value is -3.09. The number of fused-ring (bicyclic) bond motifs is 1. The first-order valence-corrected chi connectivity index (χ1v) is 9.28. The average molecular weight is 362 g/mol. The molecule has 5 rings (SSSR count). The molecule has 1 atom stereocenters. The van der Waals surface area contributed by atoms with Gasteiger partial charge in [0.2, 0.25) is 0 Å². The van der Waals surface area contributed by atoms with Gasteiger partial charge in [0.1, 0.15) is 17.1 Å². The highest BCUT2D eigenvalue weighted by Crippen LogP contribution is 2.40. The highest BCUT2D eigenvalue weighted by atomic mass is 16.5. The third-order valence-electron chi connectivity index (χ3n) is 5.48. The lowest BCUT2D eigenvalue weighted by Crippen LogP contribution is -2.09. The smallest absolute Gasteiger partial charge is 0.177 e. The number of imidazole rings is 1. The van der Waals surface area contributed by atoms with Crippen LogP contribution < -0.4 is 4.74 Å². The van der Waals surface area contributed by atoms with Gasteiger partial charge in [-0.2, -0.15) is 10.2 Å². The number of aromatic amines is 2. The van der Waals surface area contributed by atoms with E-state index >= 15 is 0 Å². The molecule has 4 aromatic rings. The van der Waals surface area contributed by atoms with Gasteiger partial charge in [0, 0.05) is 5.56 Å². The van der Waals surface area contributed by atoms with Gasteiger partial charge in [0.15, 0.2) is 5.65 Å². The maximum Gasteiger partial charge on any atom is 0.177 e. The van der Waals surface area contributed by atoms with E-state index in [2.05, 4.69) is 26.8 Å². The summed E-state index contributed by atoms with van der Waals surface area (Å²) in [6.45, 7) is 4.26. The van der Waals surface area contributed by atoms with Gasteiger partial charge in [-0.15, -0.1) is 0 Å². The highest BCUT2D eigenvalue weighted by Gasteiger charge is 2.31. The van der Waals surface area contributed by atoms with Gasteiger partial charge in [0.05, 0.1) is 36.3 Å². The monoisotopic (exact) mass is 362 g/mol. The number of aryl methyl sites for hydroxylation is 1. The van der Waals surface area contributed by atoms with E-state index in [4.69, 9.17) is 14.8 Å². The van der Waals surface area contributed by atoms with Crippen LogP contribution in [0.15, 0.2) is 30.5 Å². The first kappa shape index (κ1) is 16.1. The zero-order chi connectivity index (χ0) is 18.5. The van der Waals surface area contributed by atoms with Crippen LogP contribution in [-0.2, 0) is 0 Å². The molecule has 27 heavy (non-hydrogen) atoms. The number of ether oxygens (including phenoxy) is 1. The number of benzene rings is 1. The molecule has 1 fully saturated rings. The molecule has 0 spiro atoms. The molecule has 0 radical (unpaired) electrons. The highest BCUT2D eigenvalue weighted by molar-refractivity contribution is 5.83. The molecule has 3 aromatic heterocycles. The van der Waals surface area contributed by atoms with Gasteiger partial charge >= 0.3 is 0 Å². The summed E-state index contributed by atoms with van der Waals surface area (Å²) in [6, 6.07) is 8.29. The number of rotatable bonds is 5. The van der Waals surface area contributed by atoms with Crippen LogP contribution in [0.1, 0.15) is 31.5 Å². The topological polar surface area (TPSA) is 84.4 Å². The third kappa shape index (κ3) is 2.61. The predicted octanol–water partition coefficient (Wildman–Crippen LogP) is 4.10. The number of hydrogen-bond donors (Lipinski definition) is 2. The van der Waals surface area contributed by atoms with E-state index in [-0.39, 0.29) is 0 Å². The zero-order valence-corrected chi connectivity index (χ0v) is 15.7. The minimum Gasteiger partial charge on any atom is -0.497 e. The van der Waals surface area contributed by atoms with Crippen LogP contribution in [0.5, 0.6) is 5.75 Å². The molecule has 1 saturated carbocycles. The molecule has 7 heteroatoms. The first-order chi connectivity index (χ1) is 13.2. The van der Waals surface area contributed by atoms with E-state index in [1.54, 1.807) is 7.11 Å². The maximum absolute atomic E-state index is 5.25. The Kier molecular flexibility index (Phi) is 3.56. The molecule has 1 aromatic carbocycles. The Morgan fingerprint density at radius 1 is 1.22 bits per heavy atom. The lowest BCUT2D eigenvalue weighted by molar-refractivity contribution is 0.415. The molecule has 0 saturated heterocycles. The number of nitrogens with one attached hydrogen (secondary N) is 2. The average Bonchev–Trinajstić information content (AvgIpc) is 3.13. The molecule has 3 heterocycles. The summed E-state index contributed by atoms with van der Waals surface area (Å²) in [5.74, 6) is 2.35. The van der Waals surface area contributed by atoms with Crippen molar-refractivity contribution in [3.8, 4) is 28.4 Å². The van der Waals surface area contributed by atoms with Crippen molar-refractivity contribution in [3.63, 3.8) is 0 Å². The standard InChI is InChI=1S/C20H22N6O/c1-11-17-20(26(25-11)12(2)13-4-5-13)23-19(22-17)16-10-21-24-18(16)14-6-8-15(27-3)9-7-14/h6-10,12-13H,4-5H2,1-3H3,(H,21,24)(H,22,23)/t12-/m1/s1. The van der Waals surface area contributed by atoms with Crippen LogP contribution in [0.2, 0.25) is 0 Å². The Bertz CT molecular complexity index is 1100. The van der Waals surface area contributed by atoms with Crippen LogP contribution in [0, 0.1) is 12.8 Å². The number of aromatic nitrogens is 6. The molecular formula is C20H22N6O. The molecule has 138 valence electrons. The number of nitrogens with zero attached hydrogens (tertiary/aromatic N) is 4. The van der Waals surface area contributed by atoms with Crippen LogP contribution in [-0.4, -0.2) is 37.1 Å². The number of methoxy groups -OCH3 is 1. The Morgan fingerprint density at radius 3 is 2.70 bits per heavy atom. The first-order valence-electron chi connectivity index (χ1n) is 9.28. The van der Waals surface area contributed by atoms with Crippen molar-refractivity contribution in [3.05, 3.63) is 36.2 Å². The quantitative estimate of drug-likeness (QED) is 0.560. The summed E-state index contributed by atoms with van der Waals surface area (Å²) in [4.78, 5) is 8.34. The summed E-state index contributed by atoms with van der Waals surface area (Å²) in [5.41, 5.74) is 5.81. The molecule has 0 bridgehead atoms. The zero-order valence-electron chi connectivity index (χ0n) is 15.7. The molecular weight excluding hydrogens is 340 g/mol. The molecule has 0 unspecified atom stereocenters. The summed E-state index contributed by atoms with van der Waals surface area (Å²) >= 11 is 0. The summed E-state index contributed by atoms with van der Waals surface area (Å²) in [7, 11) is 1.67. The Morgan fingerprint density at radius 2 is 2.00 bits per heavy atom. The normalized spacial score (nSPS) is 15.4. The lowest BCUT2D eigenvalue weighted by atomic mass is 10.1. The molecule has 2 N–H and O–H groups in total. The predicted molar refractivity (Wildman–Crippen MR) is 104 cm³/mol. The largest absolute Gasteiger partial charge is 0.497 e. The second-order valence-electron chi connectivity index (χ2n) is 7.28. The van der Waals surface area contributed by atoms with Crippen LogP contribution in [0.4, 0.5) is 0 Å². The van der Waals surface area contributed by atoms with E-state index in [1.165, 1.54) is 12.8 Å². The van der Waals surface area contributed by atoms with E-state index in [9.17, 15) is 0 Å². The van der Waals surface area contributed by atoms with Gasteiger partial charge in [-0.25, -0.2) is 9.67 Å². The van der Waals surface area contributed by atoms with Gasteiger partial charge in [-0.05, 0) is 56.9 Å². The Labute approximate surface area is 156 Å². The number of H-pyrrole nitrogens is 2. The summed E-state index contributed by atoms with van der Waals surface area (Å²) in [5, 5.41) is 12.1. The van der Waals surface area contributed by atoms with Crippen molar-refractivity contribution < 1.29 is 4.74 Å². The second-order valence-corrected chi connectivity index (χ2v) is 7.28. The van der Waals surface area contributed by atoms with Crippen LogP contribution >= 0.6 is 0 Å². The minimum absolute atomic E-state index is 0.378. The van der Waals surface area contributed by atoms with Crippen molar-refractivity contribution >= 4 is 11.2 Å². The summed E-state index contributed by atoms with van der Waals surface area (Å²) in [6.07, 6.45) is 4.37. The molecule has 7 nitrogen and oxygen atoms in total. The lowest BCUT2D eigenvalue weighted by Gasteiger charge is -2.10. The molecule has 1 aliphatic rings. The second kappa shape index (κ2) is 5.97. The van der Waals surface area contributed by atoms with Crippen molar-refractivity contribution in [1.29, 1.82) is 0 Å². The van der Waals surface area contributed by atoms with E-state index in [0.29, 0.717) is 6.04 Å². The molecule has 0 aliphatic heterocycles. The van der Waals surface area contributed by atoms with Gasteiger partial charge in [0.25, 0.3) is 0 Å². The molecule has 0 amide bonds. The van der Waals surface area contributed by atoms with E-state index in [1.807, 2.05) is 37.4 Å². The fourth-order valence-electron chi connectivity index (χ4n) is 3.67.